The minimum Gasteiger partial charge on any atom is -0.345 e. The molecule has 0 aromatic heterocycles. The van der Waals surface area contributed by atoms with E-state index in [1.54, 1.807) is 22.5 Å². The third-order valence-corrected chi connectivity index (χ3v) is 9.04. The molecule has 2 aromatic carbocycles. The van der Waals surface area contributed by atoms with Gasteiger partial charge in [-0.25, -0.2) is 8.42 Å². The van der Waals surface area contributed by atoms with Crippen molar-refractivity contribution < 1.29 is 13.2 Å². The monoisotopic (exact) mass is 468 g/mol. The molecule has 1 fully saturated rings. The third-order valence-electron chi connectivity index (χ3n) is 7.14. The molecule has 1 amide bonds. The molecule has 33 heavy (non-hydrogen) atoms. The van der Waals surface area contributed by atoms with Gasteiger partial charge in [0.2, 0.25) is 10.0 Å². The predicted molar refractivity (Wildman–Crippen MR) is 132 cm³/mol. The van der Waals surface area contributed by atoms with Gasteiger partial charge in [-0.05, 0) is 86.3 Å². The maximum absolute atomic E-state index is 13.3. The summed E-state index contributed by atoms with van der Waals surface area (Å²) in [6.45, 7) is 5.02. The Hall–Kier alpha value is -2.18. The van der Waals surface area contributed by atoms with Crippen molar-refractivity contribution in [1.82, 2.24) is 9.62 Å². The van der Waals surface area contributed by atoms with Gasteiger partial charge >= 0.3 is 0 Å². The van der Waals surface area contributed by atoms with Crippen molar-refractivity contribution in [2.24, 2.45) is 0 Å². The molecule has 1 N–H and O–H groups in total. The standard InChI is InChI=1S/C27H36N2O3S/c1-3-26(23-14-13-21-10-6-7-11-22(21)18-23)28-27(30)25-19-24(15-12-20(25)2)33(31,32)29-16-8-4-5-9-17-29/h12-15,18-19,26H,3-11,16-17H2,1-2H3,(H,28,30)/t26-/m1/s1. The summed E-state index contributed by atoms with van der Waals surface area (Å²) in [5.41, 5.74) is 5.16. The van der Waals surface area contributed by atoms with E-state index in [1.807, 2.05) is 6.92 Å². The number of amides is 1. The zero-order valence-electron chi connectivity index (χ0n) is 19.9. The summed E-state index contributed by atoms with van der Waals surface area (Å²) in [7, 11) is -3.60. The number of fused-ring (bicyclic) bond motifs is 1. The quantitative estimate of drug-likeness (QED) is 0.624. The van der Waals surface area contributed by atoms with Gasteiger partial charge in [0.15, 0.2) is 0 Å². The van der Waals surface area contributed by atoms with Gasteiger partial charge in [-0.2, -0.15) is 4.31 Å². The van der Waals surface area contributed by atoms with Crippen LogP contribution in [0, 0.1) is 6.92 Å². The van der Waals surface area contributed by atoms with Crippen LogP contribution in [0.3, 0.4) is 0 Å². The molecular formula is C27H36N2O3S. The lowest BCUT2D eigenvalue weighted by Crippen LogP contribution is -2.32. The first-order valence-corrected chi connectivity index (χ1v) is 13.9. The smallest absolute Gasteiger partial charge is 0.252 e. The molecule has 0 saturated carbocycles. The Kier molecular flexibility index (Phi) is 7.55. The molecule has 6 heteroatoms. The van der Waals surface area contributed by atoms with Crippen LogP contribution in [0.2, 0.25) is 0 Å². The SMILES string of the molecule is CC[C@@H](NC(=O)c1cc(S(=O)(=O)N2CCCCCC2)ccc1C)c1ccc2c(c1)CCCC2. The van der Waals surface area contributed by atoms with Crippen LogP contribution in [0.15, 0.2) is 41.3 Å². The molecule has 1 aliphatic carbocycles. The molecule has 0 bridgehead atoms. The largest absolute Gasteiger partial charge is 0.345 e. The fourth-order valence-corrected chi connectivity index (χ4v) is 6.61. The average Bonchev–Trinajstić information content (AvgIpc) is 3.12. The van der Waals surface area contributed by atoms with Crippen molar-refractivity contribution in [3.8, 4) is 0 Å². The number of hydrogen-bond donors (Lipinski definition) is 1. The van der Waals surface area contributed by atoms with Crippen molar-refractivity contribution in [2.45, 2.75) is 82.6 Å². The molecule has 1 saturated heterocycles. The summed E-state index contributed by atoms with van der Waals surface area (Å²) in [6.07, 6.45) is 9.38. The molecule has 2 aromatic rings. The van der Waals surface area contributed by atoms with Crippen LogP contribution < -0.4 is 5.32 Å². The summed E-state index contributed by atoms with van der Waals surface area (Å²) in [4.78, 5) is 13.5. The van der Waals surface area contributed by atoms with E-state index in [-0.39, 0.29) is 16.8 Å². The Morgan fingerprint density at radius 3 is 2.33 bits per heavy atom. The zero-order valence-corrected chi connectivity index (χ0v) is 20.7. The van der Waals surface area contributed by atoms with Crippen molar-refractivity contribution in [3.63, 3.8) is 0 Å². The van der Waals surface area contributed by atoms with E-state index in [0.29, 0.717) is 18.7 Å². The van der Waals surface area contributed by atoms with Gasteiger partial charge in [0.1, 0.15) is 0 Å². The van der Waals surface area contributed by atoms with Crippen molar-refractivity contribution in [3.05, 3.63) is 64.2 Å². The number of nitrogens with one attached hydrogen (secondary N) is 1. The molecule has 0 radical (unpaired) electrons. The zero-order chi connectivity index (χ0) is 23.4. The molecule has 178 valence electrons. The number of nitrogens with zero attached hydrogens (tertiary/aromatic N) is 1. The van der Waals surface area contributed by atoms with Crippen LogP contribution in [-0.2, 0) is 22.9 Å². The molecular weight excluding hydrogens is 432 g/mol. The lowest BCUT2D eigenvalue weighted by Gasteiger charge is -2.23. The second-order valence-electron chi connectivity index (χ2n) is 9.46. The molecule has 0 unspecified atom stereocenters. The maximum Gasteiger partial charge on any atom is 0.252 e. The van der Waals surface area contributed by atoms with E-state index in [2.05, 4.69) is 30.4 Å². The first-order valence-electron chi connectivity index (χ1n) is 12.4. The average molecular weight is 469 g/mol. The number of carbonyl (C=O) groups is 1. The van der Waals surface area contributed by atoms with Crippen molar-refractivity contribution in [2.75, 3.05) is 13.1 Å². The second-order valence-corrected chi connectivity index (χ2v) is 11.4. The number of carbonyl (C=O) groups excluding carboxylic acids is 1. The summed E-state index contributed by atoms with van der Waals surface area (Å²) >= 11 is 0. The summed E-state index contributed by atoms with van der Waals surface area (Å²) in [6, 6.07) is 11.4. The van der Waals surface area contributed by atoms with E-state index in [0.717, 1.165) is 56.1 Å². The van der Waals surface area contributed by atoms with Crippen LogP contribution in [0.25, 0.3) is 0 Å². The van der Waals surface area contributed by atoms with Gasteiger partial charge in [0.05, 0.1) is 10.9 Å². The Morgan fingerprint density at radius 2 is 1.64 bits per heavy atom. The van der Waals surface area contributed by atoms with Gasteiger partial charge in [0.25, 0.3) is 5.91 Å². The molecule has 0 spiro atoms. The first-order chi connectivity index (χ1) is 15.9. The first kappa shape index (κ1) is 24.0. The van der Waals surface area contributed by atoms with Gasteiger partial charge in [-0.15, -0.1) is 0 Å². The summed E-state index contributed by atoms with van der Waals surface area (Å²) < 4.78 is 28.1. The lowest BCUT2D eigenvalue weighted by atomic mass is 9.88. The van der Waals surface area contributed by atoms with E-state index in [9.17, 15) is 13.2 Å². The lowest BCUT2D eigenvalue weighted by molar-refractivity contribution is 0.0934. The number of hydrogen-bond acceptors (Lipinski definition) is 3. The highest BCUT2D eigenvalue weighted by molar-refractivity contribution is 7.89. The highest BCUT2D eigenvalue weighted by Crippen LogP contribution is 2.27. The Bertz CT molecular complexity index is 1100. The minimum atomic E-state index is -3.60. The minimum absolute atomic E-state index is 0.102. The molecule has 1 atom stereocenters. The third kappa shape index (κ3) is 5.33. The van der Waals surface area contributed by atoms with Crippen molar-refractivity contribution in [1.29, 1.82) is 0 Å². The van der Waals surface area contributed by atoms with Crippen LogP contribution in [0.5, 0.6) is 0 Å². The van der Waals surface area contributed by atoms with Crippen LogP contribution in [0.4, 0.5) is 0 Å². The number of aryl methyl sites for hydroxylation is 3. The van der Waals surface area contributed by atoms with Gasteiger partial charge in [-0.1, -0.05) is 44.0 Å². The normalized spacial score (nSPS) is 18.2. The van der Waals surface area contributed by atoms with E-state index in [4.69, 9.17) is 0 Å². The van der Waals surface area contributed by atoms with Gasteiger partial charge < -0.3 is 5.32 Å². The molecule has 1 aliphatic heterocycles. The highest BCUT2D eigenvalue weighted by atomic mass is 32.2. The summed E-state index contributed by atoms with van der Waals surface area (Å²) in [5.74, 6) is -0.218. The van der Waals surface area contributed by atoms with Crippen LogP contribution in [-0.4, -0.2) is 31.7 Å². The molecule has 1 heterocycles. The van der Waals surface area contributed by atoms with E-state index in [1.165, 1.54) is 24.0 Å². The maximum atomic E-state index is 13.3. The fourth-order valence-electron chi connectivity index (χ4n) is 5.06. The number of rotatable bonds is 6. The Labute approximate surface area is 198 Å². The molecule has 4 rings (SSSR count). The second kappa shape index (κ2) is 10.4. The van der Waals surface area contributed by atoms with Crippen LogP contribution >= 0.6 is 0 Å². The molecule has 5 nitrogen and oxygen atoms in total. The highest BCUT2D eigenvalue weighted by Gasteiger charge is 2.27. The van der Waals surface area contributed by atoms with E-state index >= 15 is 0 Å². The topological polar surface area (TPSA) is 66.5 Å². The summed E-state index contributed by atoms with van der Waals surface area (Å²) in [5, 5.41) is 3.17. The van der Waals surface area contributed by atoms with E-state index < -0.39 is 10.0 Å². The number of sulfonamides is 1. The van der Waals surface area contributed by atoms with Crippen LogP contribution in [0.1, 0.15) is 90.5 Å². The van der Waals surface area contributed by atoms with Crippen molar-refractivity contribution >= 4 is 15.9 Å². The molecule has 2 aliphatic rings. The fraction of sp³-hybridized carbons (Fsp3) is 0.519. The Morgan fingerprint density at radius 1 is 0.939 bits per heavy atom. The Balaban J connectivity index is 1.56. The van der Waals surface area contributed by atoms with Gasteiger partial charge in [0, 0.05) is 18.7 Å². The predicted octanol–water partition coefficient (Wildman–Crippen LogP) is 5.32. The number of benzene rings is 2. The van der Waals surface area contributed by atoms with Gasteiger partial charge in [-0.3, -0.25) is 4.79 Å².